The topological polar surface area (TPSA) is 35.6 Å². The maximum Gasteiger partial charge on any atom is 0.239 e. The quantitative estimate of drug-likeness (QED) is 0.675. The van der Waals surface area contributed by atoms with E-state index in [0.717, 1.165) is 39.0 Å². The zero-order chi connectivity index (χ0) is 11.3. The molecular weight excluding hydrogens is 190 g/mol. The lowest BCUT2D eigenvalue weighted by atomic mass is 10.2. The Balaban J connectivity index is 2.45. The van der Waals surface area contributed by atoms with Crippen molar-refractivity contribution in [1.82, 2.24) is 15.1 Å². The van der Waals surface area contributed by atoms with Gasteiger partial charge in [0.1, 0.15) is 0 Å². The van der Waals surface area contributed by atoms with Crippen molar-refractivity contribution in [3.63, 3.8) is 0 Å². The molecular formula is C11H23N3O. The van der Waals surface area contributed by atoms with Crippen LogP contribution in [0.5, 0.6) is 0 Å². The van der Waals surface area contributed by atoms with Crippen LogP contribution in [0.2, 0.25) is 0 Å². The molecule has 15 heavy (non-hydrogen) atoms. The minimum Gasteiger partial charge on any atom is -0.341 e. The van der Waals surface area contributed by atoms with Crippen LogP contribution >= 0.6 is 0 Å². The summed E-state index contributed by atoms with van der Waals surface area (Å²) in [5.74, 6) is 0.283. The van der Waals surface area contributed by atoms with Crippen LogP contribution in [0.4, 0.5) is 0 Å². The first-order chi connectivity index (χ1) is 7.16. The van der Waals surface area contributed by atoms with Crippen LogP contribution in [-0.2, 0) is 4.79 Å². The molecule has 1 rings (SSSR count). The highest BCUT2D eigenvalue weighted by Crippen LogP contribution is 2.09. The number of nitrogens with one attached hydrogen (secondary N) is 1. The number of rotatable bonds is 4. The van der Waals surface area contributed by atoms with Gasteiger partial charge in [-0.25, -0.2) is 0 Å². The molecule has 0 saturated carbocycles. The van der Waals surface area contributed by atoms with Crippen LogP contribution in [0.25, 0.3) is 0 Å². The second-order valence-electron chi connectivity index (χ2n) is 4.29. The summed E-state index contributed by atoms with van der Waals surface area (Å²) in [6.45, 7) is 5.80. The van der Waals surface area contributed by atoms with E-state index < -0.39 is 0 Å². The summed E-state index contributed by atoms with van der Waals surface area (Å²) in [6, 6.07) is 0.0436. The Bertz CT molecular complexity index is 208. The van der Waals surface area contributed by atoms with Gasteiger partial charge in [0.05, 0.1) is 6.04 Å². The normalized spacial score (nSPS) is 24.3. The van der Waals surface area contributed by atoms with Gasteiger partial charge in [0.25, 0.3) is 0 Å². The molecule has 1 aliphatic rings. The Morgan fingerprint density at radius 1 is 1.47 bits per heavy atom. The summed E-state index contributed by atoms with van der Waals surface area (Å²) < 4.78 is 0. The first-order valence-electron chi connectivity index (χ1n) is 5.80. The molecule has 1 heterocycles. The van der Waals surface area contributed by atoms with E-state index in [4.69, 9.17) is 0 Å². The SMILES string of the molecule is CNCCCN1CCCN(C)C(C)C1=O. The van der Waals surface area contributed by atoms with E-state index in [1.54, 1.807) is 0 Å². The molecule has 88 valence electrons. The van der Waals surface area contributed by atoms with E-state index in [1.165, 1.54) is 0 Å². The molecule has 1 amide bonds. The first kappa shape index (κ1) is 12.5. The van der Waals surface area contributed by atoms with Gasteiger partial charge in [-0.05, 0) is 40.4 Å². The molecule has 0 aliphatic carbocycles. The Morgan fingerprint density at radius 2 is 2.20 bits per heavy atom. The first-order valence-corrected chi connectivity index (χ1v) is 5.80. The van der Waals surface area contributed by atoms with Gasteiger partial charge in [0.15, 0.2) is 0 Å². The molecule has 4 heteroatoms. The third kappa shape index (κ3) is 3.47. The predicted octanol–water partition coefficient (Wildman–Crippen LogP) is 0.149. The number of carbonyl (C=O) groups is 1. The number of amides is 1. The maximum atomic E-state index is 12.0. The van der Waals surface area contributed by atoms with Gasteiger partial charge >= 0.3 is 0 Å². The van der Waals surface area contributed by atoms with E-state index in [1.807, 2.05) is 25.9 Å². The highest BCUT2D eigenvalue weighted by molar-refractivity contribution is 5.81. The number of likely N-dealkylation sites (N-methyl/N-ethyl adjacent to an activating group) is 1. The van der Waals surface area contributed by atoms with Crippen molar-refractivity contribution in [2.45, 2.75) is 25.8 Å². The van der Waals surface area contributed by atoms with Crippen molar-refractivity contribution in [3.05, 3.63) is 0 Å². The average molecular weight is 213 g/mol. The highest BCUT2D eigenvalue weighted by Gasteiger charge is 2.26. The van der Waals surface area contributed by atoms with E-state index in [-0.39, 0.29) is 11.9 Å². The fourth-order valence-corrected chi connectivity index (χ4v) is 1.94. The molecule has 0 radical (unpaired) electrons. The largest absolute Gasteiger partial charge is 0.341 e. The summed E-state index contributed by atoms with van der Waals surface area (Å²) in [6.07, 6.45) is 2.13. The predicted molar refractivity (Wildman–Crippen MR) is 61.8 cm³/mol. The lowest BCUT2D eigenvalue weighted by molar-refractivity contribution is -0.134. The number of nitrogens with zero attached hydrogens (tertiary/aromatic N) is 2. The van der Waals surface area contributed by atoms with E-state index in [9.17, 15) is 4.79 Å². The Kier molecular flexibility index (Phi) is 5.05. The molecule has 0 bridgehead atoms. The Hall–Kier alpha value is -0.610. The van der Waals surface area contributed by atoms with Crippen LogP contribution in [0.15, 0.2) is 0 Å². The third-order valence-corrected chi connectivity index (χ3v) is 3.12. The van der Waals surface area contributed by atoms with Gasteiger partial charge in [-0.2, -0.15) is 0 Å². The number of carbonyl (C=O) groups excluding carboxylic acids is 1. The minimum atomic E-state index is 0.0436. The summed E-state index contributed by atoms with van der Waals surface area (Å²) in [5.41, 5.74) is 0. The molecule has 0 spiro atoms. The molecule has 1 unspecified atom stereocenters. The molecule has 0 aromatic carbocycles. The third-order valence-electron chi connectivity index (χ3n) is 3.12. The van der Waals surface area contributed by atoms with Crippen molar-refractivity contribution in [2.75, 3.05) is 40.3 Å². The number of hydrogen-bond donors (Lipinski definition) is 1. The van der Waals surface area contributed by atoms with E-state index in [0.29, 0.717) is 0 Å². The molecule has 1 atom stereocenters. The Morgan fingerprint density at radius 3 is 2.87 bits per heavy atom. The van der Waals surface area contributed by atoms with Gasteiger partial charge in [0.2, 0.25) is 5.91 Å². The second kappa shape index (κ2) is 6.08. The molecule has 0 aromatic heterocycles. The minimum absolute atomic E-state index is 0.0436. The van der Waals surface area contributed by atoms with Crippen LogP contribution in [0.3, 0.4) is 0 Å². The number of hydrogen-bond acceptors (Lipinski definition) is 3. The average Bonchev–Trinajstić information content (AvgIpc) is 2.34. The standard InChI is InChI=1S/C11H23N3O/c1-10-11(15)14(8-4-6-12-2)9-5-7-13(10)3/h10,12H,4-9H2,1-3H3. The molecule has 0 aromatic rings. The summed E-state index contributed by atoms with van der Waals surface area (Å²) in [7, 11) is 3.97. The maximum absolute atomic E-state index is 12.0. The zero-order valence-electron chi connectivity index (χ0n) is 10.1. The van der Waals surface area contributed by atoms with Gasteiger partial charge in [0, 0.05) is 19.6 Å². The molecule has 1 aliphatic heterocycles. The van der Waals surface area contributed by atoms with Crippen LogP contribution in [-0.4, -0.2) is 62.0 Å². The van der Waals surface area contributed by atoms with Gasteiger partial charge in [-0.3, -0.25) is 9.69 Å². The van der Waals surface area contributed by atoms with Gasteiger partial charge in [-0.1, -0.05) is 0 Å². The second-order valence-corrected chi connectivity index (χ2v) is 4.29. The lowest BCUT2D eigenvalue weighted by Crippen LogP contribution is -2.43. The lowest BCUT2D eigenvalue weighted by Gasteiger charge is -2.25. The smallest absolute Gasteiger partial charge is 0.239 e. The van der Waals surface area contributed by atoms with Crippen LogP contribution in [0.1, 0.15) is 19.8 Å². The summed E-state index contributed by atoms with van der Waals surface area (Å²) in [4.78, 5) is 16.2. The van der Waals surface area contributed by atoms with Crippen molar-refractivity contribution in [3.8, 4) is 0 Å². The Labute approximate surface area is 92.6 Å². The molecule has 1 N–H and O–H groups in total. The monoisotopic (exact) mass is 213 g/mol. The van der Waals surface area contributed by atoms with Crippen molar-refractivity contribution >= 4 is 5.91 Å². The van der Waals surface area contributed by atoms with Gasteiger partial charge in [-0.15, -0.1) is 0 Å². The summed E-state index contributed by atoms with van der Waals surface area (Å²) >= 11 is 0. The van der Waals surface area contributed by atoms with Crippen molar-refractivity contribution < 1.29 is 4.79 Å². The van der Waals surface area contributed by atoms with E-state index in [2.05, 4.69) is 10.2 Å². The fourth-order valence-electron chi connectivity index (χ4n) is 1.94. The van der Waals surface area contributed by atoms with Crippen LogP contribution in [0, 0.1) is 0 Å². The molecule has 1 saturated heterocycles. The molecule has 4 nitrogen and oxygen atoms in total. The van der Waals surface area contributed by atoms with Gasteiger partial charge < -0.3 is 10.2 Å². The highest BCUT2D eigenvalue weighted by atomic mass is 16.2. The summed E-state index contributed by atoms with van der Waals surface area (Å²) in [5, 5.41) is 3.11. The molecule has 1 fully saturated rings. The zero-order valence-corrected chi connectivity index (χ0v) is 10.1. The van der Waals surface area contributed by atoms with Crippen molar-refractivity contribution in [2.24, 2.45) is 0 Å². The van der Waals surface area contributed by atoms with E-state index >= 15 is 0 Å². The van der Waals surface area contributed by atoms with Crippen molar-refractivity contribution in [1.29, 1.82) is 0 Å². The van der Waals surface area contributed by atoms with Crippen LogP contribution < -0.4 is 5.32 Å². The fraction of sp³-hybridized carbons (Fsp3) is 0.909.